The van der Waals surface area contributed by atoms with E-state index in [4.69, 9.17) is 21.3 Å². The molecule has 1 aromatic carbocycles. The Morgan fingerprint density at radius 1 is 1.48 bits per heavy atom. The first-order valence-corrected chi connectivity index (χ1v) is 8.43. The van der Waals surface area contributed by atoms with Crippen LogP contribution in [0.4, 0.5) is 0 Å². The molecule has 3 atom stereocenters. The predicted molar refractivity (Wildman–Crippen MR) is 89.9 cm³/mol. The van der Waals surface area contributed by atoms with Gasteiger partial charge in [-0.2, -0.15) is 0 Å². The number of methoxy groups -OCH3 is 1. The minimum Gasteiger partial charge on any atom is -0.381 e. The molecule has 114 valence electrons. The Hall–Kier alpha value is -0.580. The van der Waals surface area contributed by atoms with Crippen LogP contribution in [-0.4, -0.2) is 22.8 Å². The molecule has 1 saturated carbocycles. The molecular formula is C16H20BrClN2O. The van der Waals surface area contributed by atoms with Crippen LogP contribution in [-0.2, 0) is 4.74 Å². The Morgan fingerprint density at radius 3 is 2.76 bits per heavy atom. The van der Waals surface area contributed by atoms with E-state index in [0.717, 1.165) is 27.8 Å². The van der Waals surface area contributed by atoms with Crippen LogP contribution < -0.4 is 0 Å². The van der Waals surface area contributed by atoms with Gasteiger partial charge >= 0.3 is 0 Å². The van der Waals surface area contributed by atoms with Crippen LogP contribution in [0.2, 0.25) is 0 Å². The first kappa shape index (κ1) is 15.3. The number of halogens is 2. The summed E-state index contributed by atoms with van der Waals surface area (Å²) in [6.07, 6.45) is 1.28. The first-order valence-electron chi connectivity index (χ1n) is 7.20. The third kappa shape index (κ3) is 2.32. The standard InChI is InChI=1S/C16H20BrClN2O/c1-9(18)15-19-11-6-5-10(17)7-12(11)20(15)13-8-14(21-4)16(13,2)3/h5-7,9,13-14H,8H2,1-4H3. The Morgan fingerprint density at radius 2 is 2.19 bits per heavy atom. The van der Waals surface area contributed by atoms with Gasteiger partial charge in [0.25, 0.3) is 0 Å². The van der Waals surface area contributed by atoms with Crippen LogP contribution >= 0.6 is 27.5 Å². The van der Waals surface area contributed by atoms with Crippen molar-refractivity contribution in [2.45, 2.75) is 44.7 Å². The van der Waals surface area contributed by atoms with E-state index in [1.54, 1.807) is 7.11 Å². The summed E-state index contributed by atoms with van der Waals surface area (Å²) in [7, 11) is 1.79. The number of ether oxygens (including phenoxy) is 1. The van der Waals surface area contributed by atoms with E-state index in [1.807, 2.05) is 19.1 Å². The fraction of sp³-hybridized carbons (Fsp3) is 0.562. The van der Waals surface area contributed by atoms with Gasteiger partial charge in [-0.15, -0.1) is 11.6 Å². The van der Waals surface area contributed by atoms with Gasteiger partial charge in [-0.1, -0.05) is 29.8 Å². The molecule has 1 fully saturated rings. The molecule has 1 aliphatic rings. The fourth-order valence-corrected chi connectivity index (χ4v) is 3.90. The highest BCUT2D eigenvalue weighted by Gasteiger charge is 2.50. The minimum absolute atomic E-state index is 0.0746. The SMILES string of the molecule is COC1CC(n2c(C(C)Cl)nc3ccc(Br)cc32)C1(C)C. The van der Waals surface area contributed by atoms with E-state index in [2.05, 4.69) is 40.4 Å². The fourth-order valence-electron chi connectivity index (χ4n) is 3.40. The van der Waals surface area contributed by atoms with Gasteiger partial charge in [0.15, 0.2) is 0 Å². The third-order valence-electron chi connectivity index (χ3n) is 4.76. The van der Waals surface area contributed by atoms with Crippen LogP contribution in [0.3, 0.4) is 0 Å². The quantitative estimate of drug-likeness (QED) is 0.703. The van der Waals surface area contributed by atoms with Crippen molar-refractivity contribution in [3.63, 3.8) is 0 Å². The molecule has 3 nitrogen and oxygen atoms in total. The summed E-state index contributed by atoms with van der Waals surface area (Å²) >= 11 is 9.94. The normalized spacial score (nSPS) is 25.8. The smallest absolute Gasteiger partial charge is 0.127 e. The lowest BCUT2D eigenvalue weighted by Gasteiger charge is -2.52. The molecule has 2 aromatic rings. The number of benzene rings is 1. The average Bonchev–Trinajstić information content (AvgIpc) is 2.77. The number of alkyl halides is 1. The number of rotatable bonds is 3. The summed E-state index contributed by atoms with van der Waals surface area (Å²) in [6.45, 7) is 6.48. The predicted octanol–water partition coefficient (Wildman–Crippen LogP) is 5.08. The van der Waals surface area contributed by atoms with Crippen molar-refractivity contribution in [1.29, 1.82) is 0 Å². The highest BCUT2D eigenvalue weighted by atomic mass is 79.9. The van der Waals surface area contributed by atoms with E-state index in [9.17, 15) is 0 Å². The number of imidazole rings is 1. The maximum absolute atomic E-state index is 6.38. The molecule has 0 spiro atoms. The monoisotopic (exact) mass is 370 g/mol. The van der Waals surface area contributed by atoms with Crippen molar-refractivity contribution in [1.82, 2.24) is 9.55 Å². The van der Waals surface area contributed by atoms with E-state index < -0.39 is 0 Å². The lowest BCUT2D eigenvalue weighted by atomic mass is 9.64. The summed E-state index contributed by atoms with van der Waals surface area (Å²) in [5.41, 5.74) is 2.21. The lowest BCUT2D eigenvalue weighted by molar-refractivity contribution is -0.112. The maximum Gasteiger partial charge on any atom is 0.127 e. The molecule has 1 aromatic heterocycles. The lowest BCUT2D eigenvalue weighted by Crippen LogP contribution is -2.51. The first-order chi connectivity index (χ1) is 9.86. The second-order valence-corrected chi connectivity index (χ2v) is 7.96. The molecule has 21 heavy (non-hydrogen) atoms. The summed E-state index contributed by atoms with van der Waals surface area (Å²) in [5.74, 6) is 0.942. The zero-order valence-corrected chi connectivity index (χ0v) is 15.1. The summed E-state index contributed by atoms with van der Waals surface area (Å²) in [4.78, 5) is 4.74. The molecule has 0 radical (unpaired) electrons. The zero-order chi connectivity index (χ0) is 15.4. The van der Waals surface area contributed by atoms with Crippen LogP contribution in [0.15, 0.2) is 22.7 Å². The van der Waals surface area contributed by atoms with Crippen LogP contribution in [0.1, 0.15) is 44.4 Å². The molecule has 3 unspecified atom stereocenters. The molecule has 3 rings (SSSR count). The van der Waals surface area contributed by atoms with Crippen molar-refractivity contribution >= 4 is 38.6 Å². The van der Waals surface area contributed by atoms with E-state index in [-0.39, 0.29) is 16.9 Å². The summed E-state index contributed by atoms with van der Waals surface area (Å²) in [6, 6.07) is 6.55. The largest absolute Gasteiger partial charge is 0.381 e. The average molecular weight is 372 g/mol. The van der Waals surface area contributed by atoms with Crippen molar-refractivity contribution in [2.24, 2.45) is 5.41 Å². The zero-order valence-electron chi connectivity index (χ0n) is 12.7. The second-order valence-electron chi connectivity index (χ2n) is 6.39. The van der Waals surface area contributed by atoms with Crippen molar-refractivity contribution in [2.75, 3.05) is 7.11 Å². The Labute approximate surface area is 138 Å². The van der Waals surface area contributed by atoms with Gasteiger partial charge in [-0.05, 0) is 31.5 Å². The molecule has 0 saturated heterocycles. The molecule has 0 amide bonds. The molecule has 0 N–H and O–H groups in total. The molecule has 0 aliphatic heterocycles. The van der Waals surface area contributed by atoms with Gasteiger partial charge in [0, 0.05) is 23.0 Å². The van der Waals surface area contributed by atoms with Gasteiger partial charge < -0.3 is 9.30 Å². The van der Waals surface area contributed by atoms with E-state index in [0.29, 0.717) is 6.04 Å². The molecule has 5 heteroatoms. The molecule has 1 aliphatic carbocycles. The van der Waals surface area contributed by atoms with Gasteiger partial charge in [-0.3, -0.25) is 0 Å². The number of nitrogens with zero attached hydrogens (tertiary/aromatic N) is 2. The minimum atomic E-state index is -0.117. The topological polar surface area (TPSA) is 27.1 Å². The van der Waals surface area contributed by atoms with Crippen molar-refractivity contribution in [3.8, 4) is 0 Å². The molecule has 0 bridgehead atoms. The number of hydrogen-bond acceptors (Lipinski definition) is 2. The van der Waals surface area contributed by atoms with Crippen LogP contribution in [0.5, 0.6) is 0 Å². The number of fused-ring (bicyclic) bond motifs is 1. The maximum atomic E-state index is 6.38. The second kappa shape index (κ2) is 5.25. The van der Waals surface area contributed by atoms with Crippen molar-refractivity contribution < 1.29 is 4.74 Å². The Kier molecular flexibility index (Phi) is 3.83. The molecule has 1 heterocycles. The molecular weight excluding hydrogens is 352 g/mol. The van der Waals surface area contributed by atoms with Gasteiger partial charge in [0.2, 0.25) is 0 Å². The van der Waals surface area contributed by atoms with Crippen LogP contribution in [0.25, 0.3) is 11.0 Å². The highest BCUT2D eigenvalue weighted by molar-refractivity contribution is 9.10. The highest BCUT2D eigenvalue weighted by Crippen LogP contribution is 2.53. The van der Waals surface area contributed by atoms with E-state index >= 15 is 0 Å². The Balaban J connectivity index is 2.17. The van der Waals surface area contributed by atoms with Crippen molar-refractivity contribution in [3.05, 3.63) is 28.5 Å². The third-order valence-corrected chi connectivity index (χ3v) is 5.45. The van der Waals surface area contributed by atoms with Gasteiger partial charge in [0.05, 0.1) is 22.5 Å². The number of hydrogen-bond donors (Lipinski definition) is 0. The van der Waals surface area contributed by atoms with Crippen LogP contribution in [0, 0.1) is 5.41 Å². The summed E-state index contributed by atoms with van der Waals surface area (Å²) in [5, 5.41) is -0.117. The number of aromatic nitrogens is 2. The van der Waals surface area contributed by atoms with Gasteiger partial charge in [-0.25, -0.2) is 4.98 Å². The van der Waals surface area contributed by atoms with Gasteiger partial charge in [0.1, 0.15) is 5.82 Å². The Bertz CT molecular complexity index is 680. The van der Waals surface area contributed by atoms with E-state index in [1.165, 1.54) is 0 Å². The summed E-state index contributed by atoms with van der Waals surface area (Å²) < 4.78 is 8.96.